The number of hydrogen-bond donors (Lipinski definition) is 1. The second kappa shape index (κ2) is 11.4. The number of carboxylic acid groups (broad SMARTS) is 1. The SMILES string of the molecule is CCCCC=COc1ccc(C(=O)O)cc1OC=CCCCC. The molecule has 0 unspecified atom stereocenters. The van der Waals surface area contributed by atoms with Gasteiger partial charge in [0.2, 0.25) is 0 Å². The summed E-state index contributed by atoms with van der Waals surface area (Å²) in [5, 5.41) is 9.09. The Balaban J connectivity index is 2.76. The topological polar surface area (TPSA) is 55.8 Å². The van der Waals surface area contributed by atoms with Gasteiger partial charge in [0, 0.05) is 0 Å². The highest BCUT2D eigenvalue weighted by atomic mass is 16.5. The summed E-state index contributed by atoms with van der Waals surface area (Å²) in [5.41, 5.74) is 0.171. The Hall–Kier alpha value is -2.23. The number of carboxylic acids is 1. The fourth-order valence-electron chi connectivity index (χ4n) is 1.85. The van der Waals surface area contributed by atoms with Crippen LogP contribution in [0.3, 0.4) is 0 Å². The zero-order chi connectivity index (χ0) is 16.9. The normalized spacial score (nSPS) is 11.2. The molecule has 0 saturated heterocycles. The molecule has 0 aliphatic heterocycles. The predicted molar refractivity (Wildman–Crippen MR) is 92.0 cm³/mol. The van der Waals surface area contributed by atoms with Crippen LogP contribution < -0.4 is 9.47 Å². The van der Waals surface area contributed by atoms with Gasteiger partial charge in [0.05, 0.1) is 18.1 Å². The highest BCUT2D eigenvalue weighted by molar-refractivity contribution is 5.88. The largest absolute Gasteiger partial charge is 0.478 e. The van der Waals surface area contributed by atoms with Crippen molar-refractivity contribution in [3.63, 3.8) is 0 Å². The van der Waals surface area contributed by atoms with Crippen LogP contribution in [-0.2, 0) is 0 Å². The van der Waals surface area contributed by atoms with Crippen molar-refractivity contribution in [3.05, 3.63) is 48.4 Å². The zero-order valence-electron chi connectivity index (χ0n) is 14.0. The minimum atomic E-state index is -0.991. The third-order valence-corrected chi connectivity index (χ3v) is 3.22. The van der Waals surface area contributed by atoms with Gasteiger partial charge in [-0.3, -0.25) is 0 Å². The van der Waals surface area contributed by atoms with Crippen molar-refractivity contribution in [2.45, 2.75) is 52.4 Å². The Morgan fingerprint density at radius 2 is 1.57 bits per heavy atom. The van der Waals surface area contributed by atoms with Crippen molar-refractivity contribution in [2.75, 3.05) is 0 Å². The summed E-state index contributed by atoms with van der Waals surface area (Å²) in [6, 6.07) is 4.59. The van der Waals surface area contributed by atoms with Crippen molar-refractivity contribution in [2.24, 2.45) is 0 Å². The van der Waals surface area contributed by atoms with E-state index in [0.29, 0.717) is 11.5 Å². The molecule has 4 nitrogen and oxygen atoms in total. The van der Waals surface area contributed by atoms with Gasteiger partial charge >= 0.3 is 5.97 Å². The van der Waals surface area contributed by atoms with Gasteiger partial charge in [-0.2, -0.15) is 0 Å². The van der Waals surface area contributed by atoms with E-state index in [2.05, 4.69) is 13.8 Å². The molecule has 0 heterocycles. The third-order valence-electron chi connectivity index (χ3n) is 3.22. The lowest BCUT2D eigenvalue weighted by Crippen LogP contribution is -1.98. The Bertz CT molecular complexity index is 532. The van der Waals surface area contributed by atoms with Crippen LogP contribution in [0.1, 0.15) is 62.7 Å². The first-order chi connectivity index (χ1) is 11.2. The molecule has 1 rings (SSSR count). The number of aromatic carboxylic acids is 1. The molecule has 0 fully saturated rings. The van der Waals surface area contributed by atoms with Gasteiger partial charge < -0.3 is 14.6 Å². The van der Waals surface area contributed by atoms with Crippen LogP contribution in [0.25, 0.3) is 0 Å². The molecule has 0 aromatic heterocycles. The quantitative estimate of drug-likeness (QED) is 0.429. The van der Waals surface area contributed by atoms with Gasteiger partial charge in [0.1, 0.15) is 0 Å². The average Bonchev–Trinajstić information content (AvgIpc) is 2.55. The molecule has 0 radical (unpaired) electrons. The van der Waals surface area contributed by atoms with Gasteiger partial charge in [0.15, 0.2) is 11.5 Å². The fraction of sp³-hybridized carbons (Fsp3) is 0.421. The summed E-state index contributed by atoms with van der Waals surface area (Å²) in [4.78, 5) is 11.1. The number of carbonyl (C=O) groups is 1. The van der Waals surface area contributed by atoms with E-state index in [9.17, 15) is 4.79 Å². The van der Waals surface area contributed by atoms with Crippen LogP contribution in [0.2, 0.25) is 0 Å². The Morgan fingerprint density at radius 3 is 2.09 bits per heavy atom. The average molecular weight is 318 g/mol. The van der Waals surface area contributed by atoms with Crippen LogP contribution in [0.15, 0.2) is 42.9 Å². The molecule has 0 bridgehead atoms. The zero-order valence-corrected chi connectivity index (χ0v) is 14.0. The van der Waals surface area contributed by atoms with E-state index in [0.717, 1.165) is 38.5 Å². The summed E-state index contributed by atoms with van der Waals surface area (Å²) in [5.74, 6) is -0.0875. The Labute approximate surface area is 138 Å². The van der Waals surface area contributed by atoms with E-state index in [1.54, 1.807) is 18.6 Å². The van der Waals surface area contributed by atoms with Crippen LogP contribution >= 0.6 is 0 Å². The molecule has 126 valence electrons. The molecule has 0 atom stereocenters. The maximum absolute atomic E-state index is 11.1. The van der Waals surface area contributed by atoms with E-state index in [1.807, 2.05) is 12.2 Å². The summed E-state index contributed by atoms with van der Waals surface area (Å²) < 4.78 is 11.1. The van der Waals surface area contributed by atoms with Crippen LogP contribution in [0.5, 0.6) is 11.5 Å². The number of ether oxygens (including phenoxy) is 2. The molecule has 0 spiro atoms. The molecular weight excluding hydrogens is 292 g/mol. The minimum absolute atomic E-state index is 0.171. The highest BCUT2D eigenvalue weighted by Crippen LogP contribution is 2.29. The van der Waals surface area contributed by atoms with Crippen molar-refractivity contribution < 1.29 is 19.4 Å². The number of allylic oxidation sites excluding steroid dienone is 2. The van der Waals surface area contributed by atoms with Gasteiger partial charge in [0.25, 0.3) is 0 Å². The molecule has 0 aliphatic rings. The molecule has 0 aliphatic carbocycles. The standard InChI is InChI=1S/C19H26O4/c1-3-5-7-9-13-22-17-12-11-16(19(20)21)15-18(17)23-14-10-8-6-4-2/h9-15H,3-8H2,1-2H3,(H,20,21). The van der Waals surface area contributed by atoms with E-state index < -0.39 is 5.97 Å². The molecule has 23 heavy (non-hydrogen) atoms. The molecule has 1 aromatic rings. The lowest BCUT2D eigenvalue weighted by atomic mass is 10.2. The molecule has 0 amide bonds. The van der Waals surface area contributed by atoms with Gasteiger partial charge in [-0.25, -0.2) is 4.79 Å². The van der Waals surface area contributed by atoms with Crippen LogP contribution in [0.4, 0.5) is 0 Å². The van der Waals surface area contributed by atoms with Crippen molar-refractivity contribution in [3.8, 4) is 11.5 Å². The van der Waals surface area contributed by atoms with E-state index >= 15 is 0 Å². The second-order valence-electron chi connectivity index (χ2n) is 5.23. The summed E-state index contributed by atoms with van der Waals surface area (Å²) in [7, 11) is 0. The molecule has 1 aromatic carbocycles. The van der Waals surface area contributed by atoms with Crippen LogP contribution in [0, 0.1) is 0 Å². The number of benzene rings is 1. The molecular formula is C19H26O4. The highest BCUT2D eigenvalue weighted by Gasteiger charge is 2.09. The number of unbranched alkanes of at least 4 members (excludes halogenated alkanes) is 4. The van der Waals surface area contributed by atoms with Crippen LogP contribution in [-0.4, -0.2) is 11.1 Å². The first-order valence-electron chi connectivity index (χ1n) is 8.19. The minimum Gasteiger partial charge on any atom is -0.478 e. The van der Waals surface area contributed by atoms with Gasteiger partial charge in [-0.15, -0.1) is 0 Å². The van der Waals surface area contributed by atoms with E-state index in [4.69, 9.17) is 14.6 Å². The van der Waals surface area contributed by atoms with E-state index in [-0.39, 0.29) is 5.56 Å². The van der Waals surface area contributed by atoms with E-state index in [1.165, 1.54) is 12.1 Å². The third kappa shape index (κ3) is 7.54. The monoisotopic (exact) mass is 318 g/mol. The smallest absolute Gasteiger partial charge is 0.335 e. The Kier molecular flexibility index (Phi) is 9.29. The summed E-state index contributed by atoms with van der Waals surface area (Å²) in [6.07, 6.45) is 13.4. The maximum atomic E-state index is 11.1. The number of hydrogen-bond acceptors (Lipinski definition) is 3. The lowest BCUT2D eigenvalue weighted by molar-refractivity contribution is 0.0696. The molecule has 4 heteroatoms. The number of rotatable bonds is 11. The Morgan fingerprint density at radius 1 is 1.00 bits per heavy atom. The second-order valence-corrected chi connectivity index (χ2v) is 5.23. The van der Waals surface area contributed by atoms with Crippen molar-refractivity contribution >= 4 is 5.97 Å². The van der Waals surface area contributed by atoms with Crippen molar-refractivity contribution in [1.29, 1.82) is 0 Å². The summed E-state index contributed by atoms with van der Waals surface area (Å²) in [6.45, 7) is 4.26. The van der Waals surface area contributed by atoms with Gasteiger partial charge in [-0.1, -0.05) is 26.7 Å². The molecule has 1 N–H and O–H groups in total. The first kappa shape index (κ1) is 18.8. The predicted octanol–water partition coefficient (Wildman–Crippen LogP) is 5.55. The van der Waals surface area contributed by atoms with Crippen molar-refractivity contribution in [1.82, 2.24) is 0 Å². The van der Waals surface area contributed by atoms with Gasteiger partial charge in [-0.05, 0) is 56.0 Å². The maximum Gasteiger partial charge on any atom is 0.335 e. The molecule has 0 saturated carbocycles. The lowest BCUT2D eigenvalue weighted by Gasteiger charge is -2.08. The first-order valence-corrected chi connectivity index (χ1v) is 8.19. The summed E-state index contributed by atoms with van der Waals surface area (Å²) >= 11 is 0. The fourth-order valence-corrected chi connectivity index (χ4v) is 1.85.